The van der Waals surface area contributed by atoms with Crippen molar-refractivity contribution in [2.75, 3.05) is 24.9 Å². The first kappa shape index (κ1) is 24.3. The highest BCUT2D eigenvalue weighted by molar-refractivity contribution is 6.32. The minimum atomic E-state index is -0.572. The fraction of sp³-hybridized carbons (Fsp3) is 0.200. The summed E-state index contributed by atoms with van der Waals surface area (Å²) in [7, 11) is 2.85. The fourth-order valence-electron chi connectivity index (χ4n) is 3.18. The summed E-state index contributed by atoms with van der Waals surface area (Å²) in [6.45, 7) is 1.80. The van der Waals surface area contributed by atoms with Gasteiger partial charge in [0.1, 0.15) is 0 Å². The van der Waals surface area contributed by atoms with E-state index in [1.54, 1.807) is 13.0 Å². The molecule has 13 nitrogen and oxygen atoms in total. The summed E-state index contributed by atoms with van der Waals surface area (Å²) in [6, 6.07) is 3.99. The van der Waals surface area contributed by atoms with Crippen LogP contribution in [-0.4, -0.2) is 55.5 Å². The summed E-state index contributed by atoms with van der Waals surface area (Å²) in [4.78, 5) is 37.6. The Morgan fingerprint density at radius 3 is 2.60 bits per heavy atom. The van der Waals surface area contributed by atoms with Gasteiger partial charge in [-0.25, -0.2) is 29.4 Å². The maximum Gasteiger partial charge on any atom is 0.323 e. The third-order valence-corrected chi connectivity index (χ3v) is 5.25. The molecule has 0 fully saturated rings. The Labute approximate surface area is 208 Å². The Hall–Kier alpha value is -3.78. The number of pyridine rings is 1. The molecular weight excluding hydrogens is 501 g/mol. The number of urea groups is 1. The quantitative estimate of drug-likeness (QED) is 0.315. The zero-order valence-electron chi connectivity index (χ0n) is 18.6. The number of nitrogens with one attached hydrogen (secondary N) is 3. The van der Waals surface area contributed by atoms with Crippen molar-refractivity contribution in [3.8, 4) is 5.82 Å². The monoisotopic (exact) mass is 519 g/mol. The molecular formula is C20H19Cl2N9O4. The molecule has 4 heterocycles. The second kappa shape index (κ2) is 10.2. The lowest BCUT2D eigenvalue weighted by molar-refractivity contribution is 0.0532. The number of halogens is 2. The Morgan fingerprint density at radius 1 is 1.09 bits per heavy atom. The van der Waals surface area contributed by atoms with Gasteiger partial charge in [0.25, 0.3) is 5.91 Å². The average molecular weight is 520 g/mol. The molecule has 3 N–H and O–H groups in total. The van der Waals surface area contributed by atoms with Crippen LogP contribution in [0.5, 0.6) is 0 Å². The van der Waals surface area contributed by atoms with Crippen molar-refractivity contribution in [3.05, 3.63) is 58.4 Å². The lowest BCUT2D eigenvalue weighted by Gasteiger charge is -2.17. The number of nitrogens with zero attached hydrogens (tertiary/aromatic N) is 6. The topological polar surface area (TPSA) is 150 Å². The average Bonchev–Trinajstić information content (AvgIpc) is 3.45. The Kier molecular flexibility index (Phi) is 7.12. The van der Waals surface area contributed by atoms with E-state index in [1.165, 1.54) is 54.1 Å². The van der Waals surface area contributed by atoms with Gasteiger partial charge in [0.15, 0.2) is 22.3 Å². The first-order valence-electron chi connectivity index (χ1n) is 10.0. The molecule has 4 rings (SSSR count). The SMILES string of the molecule is CONC(=O)c1ccn(-c2ncc(NC(=O)Nc3cnc4cc(Cl)nn4c3[C@H](C)OC)cc2Cl)n1. The molecule has 4 aromatic rings. The maximum atomic E-state index is 12.7. The maximum absolute atomic E-state index is 12.7. The highest BCUT2D eigenvalue weighted by Gasteiger charge is 2.19. The summed E-state index contributed by atoms with van der Waals surface area (Å²) >= 11 is 12.3. The second-order valence-electron chi connectivity index (χ2n) is 7.06. The van der Waals surface area contributed by atoms with Gasteiger partial charge in [-0.1, -0.05) is 23.2 Å². The molecule has 0 unspecified atom stereocenters. The summed E-state index contributed by atoms with van der Waals surface area (Å²) in [5.41, 5.74) is 4.03. The molecule has 4 aromatic heterocycles. The zero-order chi connectivity index (χ0) is 25.1. The molecule has 0 aliphatic rings. The number of rotatable bonds is 7. The Morgan fingerprint density at radius 2 is 1.89 bits per heavy atom. The van der Waals surface area contributed by atoms with Crippen molar-refractivity contribution in [1.29, 1.82) is 0 Å². The number of hydrogen-bond donors (Lipinski definition) is 3. The van der Waals surface area contributed by atoms with Crippen LogP contribution in [0.1, 0.15) is 29.2 Å². The van der Waals surface area contributed by atoms with E-state index in [0.717, 1.165) is 0 Å². The van der Waals surface area contributed by atoms with Gasteiger partial charge in [-0.2, -0.15) is 10.2 Å². The van der Waals surface area contributed by atoms with Crippen LogP contribution < -0.4 is 16.1 Å². The first-order chi connectivity index (χ1) is 16.8. The van der Waals surface area contributed by atoms with Crippen LogP contribution in [0.2, 0.25) is 10.2 Å². The number of aromatic nitrogens is 6. The van der Waals surface area contributed by atoms with Crippen LogP contribution in [0.25, 0.3) is 11.5 Å². The number of fused-ring (bicyclic) bond motifs is 1. The molecule has 0 saturated carbocycles. The molecule has 0 radical (unpaired) electrons. The zero-order valence-corrected chi connectivity index (χ0v) is 20.1. The van der Waals surface area contributed by atoms with Crippen molar-refractivity contribution in [2.24, 2.45) is 0 Å². The fourth-order valence-corrected chi connectivity index (χ4v) is 3.61. The molecule has 0 spiro atoms. The minimum Gasteiger partial charge on any atom is -0.375 e. The lowest BCUT2D eigenvalue weighted by atomic mass is 10.2. The summed E-state index contributed by atoms with van der Waals surface area (Å²) in [5, 5.41) is 14.1. The Bertz CT molecular complexity index is 1400. The van der Waals surface area contributed by atoms with Gasteiger partial charge in [0, 0.05) is 19.4 Å². The van der Waals surface area contributed by atoms with Crippen molar-refractivity contribution >= 4 is 52.2 Å². The van der Waals surface area contributed by atoms with Crippen LogP contribution in [0.3, 0.4) is 0 Å². The first-order valence-corrected chi connectivity index (χ1v) is 10.8. The van der Waals surface area contributed by atoms with Crippen molar-refractivity contribution in [1.82, 2.24) is 34.8 Å². The Balaban J connectivity index is 1.52. The predicted octanol–water partition coefficient (Wildman–Crippen LogP) is 3.26. The van der Waals surface area contributed by atoms with E-state index < -0.39 is 18.0 Å². The van der Waals surface area contributed by atoms with Crippen molar-refractivity contribution in [2.45, 2.75) is 13.0 Å². The van der Waals surface area contributed by atoms with Gasteiger partial charge in [-0.15, -0.1) is 0 Å². The highest BCUT2D eigenvalue weighted by Crippen LogP contribution is 2.27. The molecule has 182 valence electrons. The molecule has 0 aliphatic heterocycles. The van der Waals surface area contributed by atoms with E-state index in [2.05, 4.69) is 41.1 Å². The number of carbonyl (C=O) groups is 2. The molecule has 0 bridgehead atoms. The van der Waals surface area contributed by atoms with Crippen LogP contribution in [0.15, 0.2) is 36.8 Å². The summed E-state index contributed by atoms with van der Waals surface area (Å²) in [6.07, 6.45) is 3.97. The normalized spacial score (nSPS) is 11.9. The van der Waals surface area contributed by atoms with E-state index in [9.17, 15) is 9.59 Å². The summed E-state index contributed by atoms with van der Waals surface area (Å²) in [5.74, 6) is -0.264. The van der Waals surface area contributed by atoms with Crippen LogP contribution in [0, 0.1) is 0 Å². The van der Waals surface area contributed by atoms with Gasteiger partial charge >= 0.3 is 6.03 Å². The molecule has 0 aromatic carbocycles. The minimum absolute atomic E-state index is 0.108. The number of amides is 3. The van der Waals surface area contributed by atoms with E-state index in [4.69, 9.17) is 27.9 Å². The van der Waals surface area contributed by atoms with Gasteiger partial charge in [-0.3, -0.25) is 9.63 Å². The van der Waals surface area contributed by atoms with E-state index in [-0.39, 0.29) is 21.7 Å². The van der Waals surface area contributed by atoms with Crippen LogP contribution >= 0.6 is 23.2 Å². The molecule has 1 atom stereocenters. The smallest absolute Gasteiger partial charge is 0.323 e. The third kappa shape index (κ3) is 5.17. The molecule has 3 amide bonds. The highest BCUT2D eigenvalue weighted by atomic mass is 35.5. The number of hydrogen-bond acceptors (Lipinski definition) is 8. The van der Waals surface area contributed by atoms with Crippen LogP contribution in [-0.2, 0) is 9.57 Å². The third-order valence-electron chi connectivity index (χ3n) is 4.79. The number of methoxy groups -OCH3 is 1. The number of hydroxylamine groups is 1. The standard InChI is InChI=1S/C20H19Cl2N9O4/c1-10(34-2)17-14(9-23-16-7-15(22)28-31(16)17)26-20(33)25-11-6-12(21)18(24-8-11)30-5-4-13(27-30)19(32)29-35-3/h4-10H,1-3H3,(H,29,32)(H2,25,26,33)/t10-/m0/s1. The molecule has 15 heteroatoms. The number of carbonyl (C=O) groups excluding carboxylic acids is 2. The van der Waals surface area contributed by atoms with Gasteiger partial charge in [-0.05, 0) is 19.1 Å². The lowest BCUT2D eigenvalue weighted by Crippen LogP contribution is -2.22. The largest absolute Gasteiger partial charge is 0.375 e. The van der Waals surface area contributed by atoms with Crippen molar-refractivity contribution < 1.29 is 19.2 Å². The molecule has 35 heavy (non-hydrogen) atoms. The van der Waals surface area contributed by atoms with E-state index >= 15 is 0 Å². The summed E-state index contributed by atoms with van der Waals surface area (Å²) < 4.78 is 8.25. The van der Waals surface area contributed by atoms with Gasteiger partial charge < -0.3 is 15.4 Å². The van der Waals surface area contributed by atoms with E-state index in [0.29, 0.717) is 22.7 Å². The number of ether oxygens (including phenoxy) is 1. The van der Waals surface area contributed by atoms with Gasteiger partial charge in [0.2, 0.25) is 0 Å². The second-order valence-corrected chi connectivity index (χ2v) is 7.86. The molecule has 0 saturated heterocycles. The number of anilines is 2. The van der Waals surface area contributed by atoms with E-state index in [1.807, 2.05) is 0 Å². The van der Waals surface area contributed by atoms with Crippen LogP contribution in [0.4, 0.5) is 16.2 Å². The predicted molar refractivity (Wildman–Crippen MR) is 127 cm³/mol. The van der Waals surface area contributed by atoms with Gasteiger partial charge in [0.05, 0.1) is 47.7 Å². The molecule has 0 aliphatic carbocycles. The van der Waals surface area contributed by atoms with Crippen molar-refractivity contribution in [3.63, 3.8) is 0 Å².